The van der Waals surface area contributed by atoms with Crippen LogP contribution in [0.2, 0.25) is 5.54 Å². The Morgan fingerprint density at radius 2 is 1.42 bits per heavy atom. The summed E-state index contributed by atoms with van der Waals surface area (Å²) in [4.78, 5) is 0. The average Bonchev–Trinajstić information content (AvgIpc) is 2.08. The van der Waals surface area contributed by atoms with Crippen LogP contribution >= 0.6 is 0 Å². The molecule has 0 spiro atoms. The maximum Gasteiger partial charge on any atom is 0.387 e. The van der Waals surface area contributed by atoms with Crippen LogP contribution in [0.4, 0.5) is 0 Å². The lowest BCUT2D eigenvalue weighted by atomic mass is 10.4. The number of hydrogen-bond acceptors (Lipinski definition) is 2. The van der Waals surface area contributed by atoms with Gasteiger partial charge in [0.1, 0.15) is 0 Å². The molecule has 0 bridgehead atoms. The molecule has 1 unspecified atom stereocenters. The second kappa shape index (κ2) is 11.1. The van der Waals surface area contributed by atoms with Gasteiger partial charge in [0.25, 0.3) is 0 Å². The molecule has 0 aromatic carbocycles. The minimum Gasteiger partial charge on any atom is -0.397 e. The van der Waals surface area contributed by atoms with Gasteiger partial charge < -0.3 is 8.85 Å². The predicted molar refractivity (Wildman–Crippen MR) is 55.5 cm³/mol. The van der Waals surface area contributed by atoms with Crippen LogP contribution in [0.1, 0.15) is 40.5 Å². The molecular formula is C9H23O2Si. The zero-order valence-corrected chi connectivity index (χ0v) is 10.3. The Labute approximate surface area is 79.1 Å². The molecule has 0 aromatic rings. The van der Waals surface area contributed by atoms with Crippen LogP contribution in [0, 0.1) is 0 Å². The Bertz CT molecular complexity index is 74.9. The first-order valence-electron chi connectivity index (χ1n) is 4.62. The SMILES string of the molecule is CCC.CCC(C)[Si](OC)OC. The Kier molecular flexibility index (Phi) is 13.6. The summed E-state index contributed by atoms with van der Waals surface area (Å²) in [6.45, 7) is 8.55. The second-order valence-electron chi connectivity index (χ2n) is 2.74. The molecule has 3 heteroatoms. The lowest BCUT2D eigenvalue weighted by Crippen LogP contribution is -2.23. The van der Waals surface area contributed by atoms with Crippen LogP contribution in [0.15, 0.2) is 0 Å². The Hall–Kier alpha value is 0.137. The van der Waals surface area contributed by atoms with Crippen molar-refractivity contribution < 1.29 is 8.85 Å². The molecule has 0 saturated carbocycles. The van der Waals surface area contributed by atoms with E-state index in [4.69, 9.17) is 8.85 Å². The molecule has 2 nitrogen and oxygen atoms in total. The van der Waals surface area contributed by atoms with Gasteiger partial charge in [0, 0.05) is 19.8 Å². The van der Waals surface area contributed by atoms with Gasteiger partial charge in [-0.05, 0) is 0 Å². The molecule has 0 amide bonds. The molecule has 0 N–H and O–H groups in total. The lowest BCUT2D eigenvalue weighted by Gasteiger charge is -2.14. The van der Waals surface area contributed by atoms with Crippen molar-refractivity contribution in [2.75, 3.05) is 14.2 Å². The van der Waals surface area contributed by atoms with Crippen molar-refractivity contribution in [3.63, 3.8) is 0 Å². The summed E-state index contributed by atoms with van der Waals surface area (Å²) in [5.74, 6) is 0. The van der Waals surface area contributed by atoms with Crippen molar-refractivity contribution >= 4 is 9.28 Å². The van der Waals surface area contributed by atoms with Crippen LogP contribution < -0.4 is 0 Å². The van der Waals surface area contributed by atoms with Gasteiger partial charge in [-0.1, -0.05) is 40.5 Å². The normalized spacial score (nSPS) is 12.2. The van der Waals surface area contributed by atoms with Crippen molar-refractivity contribution in [2.45, 2.75) is 46.1 Å². The summed E-state index contributed by atoms with van der Waals surface area (Å²) in [7, 11) is 2.47. The van der Waals surface area contributed by atoms with Crippen LogP contribution in [-0.2, 0) is 8.85 Å². The smallest absolute Gasteiger partial charge is 0.387 e. The zero-order chi connectivity index (χ0) is 9.98. The maximum absolute atomic E-state index is 5.13. The molecule has 0 rings (SSSR count). The monoisotopic (exact) mass is 191 g/mol. The van der Waals surface area contributed by atoms with Gasteiger partial charge in [0.15, 0.2) is 0 Å². The van der Waals surface area contributed by atoms with E-state index in [0.717, 1.165) is 6.42 Å². The van der Waals surface area contributed by atoms with E-state index in [1.807, 2.05) is 0 Å². The Morgan fingerprint density at radius 3 is 1.50 bits per heavy atom. The third-order valence-electron chi connectivity index (χ3n) is 1.42. The fourth-order valence-corrected chi connectivity index (χ4v) is 1.96. The van der Waals surface area contributed by atoms with E-state index in [9.17, 15) is 0 Å². The van der Waals surface area contributed by atoms with E-state index in [1.165, 1.54) is 6.42 Å². The summed E-state index contributed by atoms with van der Waals surface area (Å²) in [6.07, 6.45) is 2.38. The van der Waals surface area contributed by atoms with Crippen LogP contribution in [-0.4, -0.2) is 23.5 Å². The third kappa shape index (κ3) is 8.24. The van der Waals surface area contributed by atoms with Crippen molar-refractivity contribution in [3.8, 4) is 0 Å². The Morgan fingerprint density at radius 1 is 1.08 bits per heavy atom. The fourth-order valence-electron chi connectivity index (χ4n) is 0.652. The van der Waals surface area contributed by atoms with Crippen LogP contribution in [0.25, 0.3) is 0 Å². The summed E-state index contributed by atoms with van der Waals surface area (Å²) in [5.41, 5.74) is 0.588. The first-order chi connectivity index (χ1) is 5.67. The summed E-state index contributed by atoms with van der Waals surface area (Å²) in [6, 6.07) is 0. The minimum absolute atomic E-state index is 0.588. The molecular weight excluding hydrogens is 168 g/mol. The van der Waals surface area contributed by atoms with Crippen LogP contribution in [0.3, 0.4) is 0 Å². The molecule has 75 valence electrons. The fraction of sp³-hybridized carbons (Fsp3) is 1.00. The molecule has 0 aliphatic rings. The standard InChI is InChI=1S/C6H15O2Si.C3H8/c1-5-6(2)9(7-3)8-4;1-3-2/h6H,5H2,1-4H3;3H2,1-2H3. The van der Waals surface area contributed by atoms with Crippen LogP contribution in [0.5, 0.6) is 0 Å². The van der Waals surface area contributed by atoms with E-state index in [2.05, 4.69) is 27.7 Å². The van der Waals surface area contributed by atoms with Crippen molar-refractivity contribution in [3.05, 3.63) is 0 Å². The predicted octanol–water partition coefficient (Wildman–Crippen LogP) is 2.98. The molecule has 0 saturated heterocycles. The quantitative estimate of drug-likeness (QED) is 0.636. The van der Waals surface area contributed by atoms with Crippen molar-refractivity contribution in [2.24, 2.45) is 0 Å². The molecule has 0 fully saturated rings. The topological polar surface area (TPSA) is 18.5 Å². The van der Waals surface area contributed by atoms with E-state index < -0.39 is 9.28 Å². The van der Waals surface area contributed by atoms with E-state index in [-0.39, 0.29) is 0 Å². The van der Waals surface area contributed by atoms with Gasteiger partial charge in [-0.25, -0.2) is 0 Å². The van der Waals surface area contributed by atoms with Gasteiger partial charge >= 0.3 is 9.28 Å². The van der Waals surface area contributed by atoms with Gasteiger partial charge in [-0.3, -0.25) is 0 Å². The molecule has 1 atom stereocenters. The first-order valence-corrected chi connectivity index (χ1v) is 6.01. The molecule has 12 heavy (non-hydrogen) atoms. The second-order valence-corrected chi connectivity index (χ2v) is 5.18. The third-order valence-corrected chi connectivity index (χ3v) is 3.43. The van der Waals surface area contributed by atoms with Gasteiger partial charge in [0.2, 0.25) is 0 Å². The molecule has 1 radical (unpaired) electrons. The van der Waals surface area contributed by atoms with E-state index in [0.29, 0.717) is 5.54 Å². The van der Waals surface area contributed by atoms with Gasteiger partial charge in [0.05, 0.1) is 0 Å². The lowest BCUT2D eigenvalue weighted by molar-refractivity contribution is 0.266. The average molecular weight is 191 g/mol. The maximum atomic E-state index is 5.13. The largest absolute Gasteiger partial charge is 0.397 e. The highest BCUT2D eigenvalue weighted by Gasteiger charge is 2.19. The Balaban J connectivity index is 0. The van der Waals surface area contributed by atoms with Crippen molar-refractivity contribution in [1.29, 1.82) is 0 Å². The summed E-state index contributed by atoms with van der Waals surface area (Å²) < 4.78 is 10.3. The highest BCUT2D eigenvalue weighted by Crippen LogP contribution is 2.13. The summed E-state index contributed by atoms with van der Waals surface area (Å²) >= 11 is 0. The minimum atomic E-state index is -0.952. The first kappa shape index (κ1) is 14.6. The zero-order valence-electron chi connectivity index (χ0n) is 9.31. The van der Waals surface area contributed by atoms with E-state index >= 15 is 0 Å². The van der Waals surface area contributed by atoms with E-state index in [1.54, 1.807) is 14.2 Å². The number of hydrogen-bond donors (Lipinski definition) is 0. The molecule has 0 aliphatic carbocycles. The van der Waals surface area contributed by atoms with Gasteiger partial charge in [-0.15, -0.1) is 0 Å². The highest BCUT2D eigenvalue weighted by atomic mass is 28.3. The molecule has 0 aromatic heterocycles. The summed E-state index contributed by atoms with van der Waals surface area (Å²) in [5, 5.41) is 0. The highest BCUT2D eigenvalue weighted by molar-refractivity contribution is 6.46. The molecule has 0 aliphatic heterocycles. The molecule has 0 heterocycles. The number of rotatable bonds is 4. The van der Waals surface area contributed by atoms with Gasteiger partial charge in [-0.2, -0.15) is 0 Å². The van der Waals surface area contributed by atoms with Crippen molar-refractivity contribution in [1.82, 2.24) is 0 Å².